The van der Waals surface area contributed by atoms with Gasteiger partial charge in [0.2, 0.25) is 0 Å². The number of nitrogens with one attached hydrogen (secondary N) is 1. The van der Waals surface area contributed by atoms with Gasteiger partial charge in [-0.2, -0.15) is 0 Å². The topological polar surface area (TPSA) is 58.6 Å². The molecule has 0 saturated carbocycles. The summed E-state index contributed by atoms with van der Waals surface area (Å²) in [4.78, 5) is 29.2. The Balaban J connectivity index is 1.45. The van der Waals surface area contributed by atoms with Crippen LogP contribution in [0.3, 0.4) is 0 Å². The molecule has 1 heterocycles. The summed E-state index contributed by atoms with van der Waals surface area (Å²) >= 11 is 1.43. The fraction of sp³-hybridized carbons (Fsp3) is 0.241. The molecule has 180 valence electrons. The maximum Gasteiger partial charge on any atom is 0.264 e. The van der Waals surface area contributed by atoms with Crippen molar-refractivity contribution in [1.29, 1.82) is 0 Å². The van der Waals surface area contributed by atoms with Crippen LogP contribution in [0.5, 0.6) is 5.75 Å². The predicted molar refractivity (Wildman–Crippen MR) is 143 cm³/mol. The zero-order valence-electron chi connectivity index (χ0n) is 20.3. The average molecular weight is 487 g/mol. The van der Waals surface area contributed by atoms with Gasteiger partial charge in [0.1, 0.15) is 5.75 Å². The highest BCUT2D eigenvalue weighted by Crippen LogP contribution is 2.42. The summed E-state index contributed by atoms with van der Waals surface area (Å²) in [6.45, 7) is 4.79. The molecule has 5 nitrogen and oxygen atoms in total. The molecule has 0 radical (unpaired) electrons. The van der Waals surface area contributed by atoms with Gasteiger partial charge in [0, 0.05) is 17.5 Å². The Morgan fingerprint density at radius 2 is 1.83 bits per heavy atom. The minimum absolute atomic E-state index is 0.0847. The molecule has 35 heavy (non-hydrogen) atoms. The molecule has 1 atom stereocenters. The Bertz CT molecular complexity index is 1220. The van der Waals surface area contributed by atoms with Crippen LogP contribution in [0.15, 0.2) is 82.6 Å². The molecule has 1 N–H and O–H groups in total. The highest BCUT2D eigenvalue weighted by Gasteiger charge is 2.27. The second kappa shape index (κ2) is 11.3. The smallest absolute Gasteiger partial charge is 0.264 e. The Hall–Kier alpha value is -3.51. The molecule has 3 aromatic carbocycles. The van der Waals surface area contributed by atoms with Crippen molar-refractivity contribution >= 4 is 35.3 Å². The quantitative estimate of drug-likeness (QED) is 0.293. The van der Waals surface area contributed by atoms with Crippen LogP contribution in [-0.4, -0.2) is 25.5 Å². The summed E-state index contributed by atoms with van der Waals surface area (Å²) in [7, 11) is 1.74. The maximum atomic E-state index is 13.0. The number of benzene rings is 3. The van der Waals surface area contributed by atoms with E-state index in [9.17, 15) is 9.59 Å². The Morgan fingerprint density at radius 3 is 2.54 bits per heavy atom. The molecular formula is C29H30N2O3S. The van der Waals surface area contributed by atoms with Crippen molar-refractivity contribution in [2.75, 3.05) is 18.6 Å². The van der Waals surface area contributed by atoms with Gasteiger partial charge in [-0.1, -0.05) is 67.6 Å². The molecule has 2 amide bonds. The maximum absolute atomic E-state index is 13.0. The molecule has 6 heteroatoms. The molecule has 0 saturated heterocycles. The number of anilines is 1. The number of nitrogens with zero attached hydrogens (tertiary/aromatic N) is 1. The summed E-state index contributed by atoms with van der Waals surface area (Å²) in [5.41, 5.74) is 3.23. The number of hydrogen-bond donors (Lipinski definition) is 1. The van der Waals surface area contributed by atoms with Gasteiger partial charge in [0.15, 0.2) is 0 Å². The number of carbonyl (C=O) groups is 2. The minimum atomic E-state index is -0.181. The first-order chi connectivity index (χ1) is 17.0. The molecule has 0 aromatic heterocycles. The van der Waals surface area contributed by atoms with Crippen molar-refractivity contribution in [3.63, 3.8) is 0 Å². The van der Waals surface area contributed by atoms with E-state index in [4.69, 9.17) is 4.74 Å². The Kier molecular flexibility index (Phi) is 7.93. The van der Waals surface area contributed by atoms with Crippen LogP contribution in [0.2, 0.25) is 0 Å². The summed E-state index contributed by atoms with van der Waals surface area (Å²) < 4.78 is 5.72. The van der Waals surface area contributed by atoms with E-state index in [2.05, 4.69) is 12.2 Å². The second-order valence-electron chi connectivity index (χ2n) is 8.53. The van der Waals surface area contributed by atoms with Crippen molar-refractivity contribution in [2.45, 2.75) is 37.6 Å². The van der Waals surface area contributed by atoms with Crippen LogP contribution in [0, 0.1) is 0 Å². The van der Waals surface area contributed by atoms with Crippen molar-refractivity contribution in [3.05, 3.63) is 94.4 Å². The number of amides is 2. The van der Waals surface area contributed by atoms with Crippen LogP contribution in [0.25, 0.3) is 6.08 Å². The third kappa shape index (κ3) is 5.95. The fourth-order valence-corrected chi connectivity index (χ4v) is 4.88. The lowest BCUT2D eigenvalue weighted by atomic mass is 10.1. The standard InChI is InChI=1S/C29H30N2O3S/c1-4-5-17-34-24-14-11-22(12-15-24)20(2)30-28(32)23-13-16-26-25(19-23)31(3)29(33)27(35-26)18-21-9-7-6-8-10-21/h6-16,18-20H,4-5,17H2,1-3H3,(H,30,32)/b27-18-. The minimum Gasteiger partial charge on any atom is -0.494 e. The lowest BCUT2D eigenvalue weighted by Crippen LogP contribution is -2.31. The van der Waals surface area contributed by atoms with Crippen molar-refractivity contribution in [1.82, 2.24) is 5.32 Å². The summed E-state index contributed by atoms with van der Waals surface area (Å²) in [5.74, 6) is 0.569. The summed E-state index contributed by atoms with van der Waals surface area (Å²) in [6, 6.07) is 22.9. The van der Waals surface area contributed by atoms with Crippen LogP contribution in [0.1, 0.15) is 54.2 Å². The molecular weight excluding hydrogens is 456 g/mol. The van der Waals surface area contributed by atoms with Crippen LogP contribution >= 0.6 is 11.8 Å². The zero-order valence-corrected chi connectivity index (χ0v) is 21.1. The molecule has 4 rings (SSSR count). The lowest BCUT2D eigenvalue weighted by Gasteiger charge is -2.27. The Morgan fingerprint density at radius 1 is 1.09 bits per heavy atom. The third-order valence-corrected chi connectivity index (χ3v) is 6.99. The summed E-state index contributed by atoms with van der Waals surface area (Å²) in [5, 5.41) is 3.06. The van der Waals surface area contributed by atoms with Crippen molar-refractivity contribution in [2.24, 2.45) is 0 Å². The van der Waals surface area contributed by atoms with Crippen LogP contribution < -0.4 is 15.0 Å². The van der Waals surface area contributed by atoms with Gasteiger partial charge in [-0.25, -0.2) is 0 Å². The van der Waals surface area contributed by atoms with Crippen molar-refractivity contribution in [3.8, 4) is 5.75 Å². The van der Waals surface area contributed by atoms with E-state index in [1.807, 2.05) is 79.7 Å². The number of ether oxygens (including phenoxy) is 1. The number of carbonyl (C=O) groups excluding carboxylic acids is 2. The Labute approximate surface area is 211 Å². The second-order valence-corrected chi connectivity index (χ2v) is 9.62. The van der Waals surface area contributed by atoms with Crippen LogP contribution in [-0.2, 0) is 4.79 Å². The number of unbranched alkanes of at least 4 members (excludes halogenated alkanes) is 1. The van der Waals surface area contributed by atoms with E-state index in [-0.39, 0.29) is 17.9 Å². The van der Waals surface area contributed by atoms with Gasteiger partial charge >= 0.3 is 0 Å². The average Bonchev–Trinajstić information content (AvgIpc) is 2.88. The monoisotopic (exact) mass is 486 g/mol. The first kappa shape index (κ1) is 24.6. The van der Waals surface area contributed by atoms with Gasteiger partial charge < -0.3 is 15.0 Å². The molecule has 1 aliphatic rings. The molecule has 0 spiro atoms. The number of thioether (sulfide) groups is 1. The largest absolute Gasteiger partial charge is 0.494 e. The first-order valence-electron chi connectivity index (χ1n) is 11.9. The van der Waals surface area contributed by atoms with E-state index in [0.717, 1.165) is 40.3 Å². The van der Waals surface area contributed by atoms with E-state index in [0.29, 0.717) is 17.1 Å². The summed E-state index contributed by atoms with van der Waals surface area (Å²) in [6.07, 6.45) is 4.02. The zero-order chi connectivity index (χ0) is 24.8. The number of rotatable bonds is 8. The molecule has 0 fully saturated rings. The molecule has 0 aliphatic carbocycles. The third-order valence-electron chi connectivity index (χ3n) is 5.91. The van der Waals surface area contributed by atoms with Gasteiger partial charge in [0.05, 0.1) is 23.2 Å². The van der Waals surface area contributed by atoms with Crippen molar-refractivity contribution < 1.29 is 14.3 Å². The van der Waals surface area contributed by atoms with E-state index >= 15 is 0 Å². The van der Waals surface area contributed by atoms with E-state index in [1.54, 1.807) is 18.0 Å². The predicted octanol–water partition coefficient (Wildman–Crippen LogP) is 6.47. The first-order valence-corrected chi connectivity index (χ1v) is 12.7. The van der Waals surface area contributed by atoms with Gasteiger partial charge in [-0.15, -0.1) is 0 Å². The normalized spacial score (nSPS) is 15.0. The highest BCUT2D eigenvalue weighted by molar-refractivity contribution is 8.04. The number of fused-ring (bicyclic) bond motifs is 1. The molecule has 1 unspecified atom stereocenters. The van der Waals surface area contributed by atoms with Gasteiger partial charge in [-0.05, 0) is 60.9 Å². The molecule has 3 aromatic rings. The lowest BCUT2D eigenvalue weighted by molar-refractivity contribution is -0.114. The highest BCUT2D eigenvalue weighted by atomic mass is 32.2. The van der Waals surface area contributed by atoms with Crippen LogP contribution in [0.4, 0.5) is 5.69 Å². The van der Waals surface area contributed by atoms with E-state index < -0.39 is 0 Å². The van der Waals surface area contributed by atoms with E-state index in [1.165, 1.54) is 11.8 Å². The number of hydrogen-bond acceptors (Lipinski definition) is 4. The van der Waals surface area contributed by atoms with Gasteiger partial charge in [0.25, 0.3) is 11.8 Å². The number of likely N-dealkylation sites (N-methyl/N-ethyl adjacent to an activating group) is 1. The molecule has 1 aliphatic heterocycles. The fourth-order valence-electron chi connectivity index (χ4n) is 3.79. The van der Waals surface area contributed by atoms with Gasteiger partial charge in [-0.3, -0.25) is 9.59 Å². The molecule has 0 bridgehead atoms. The SMILES string of the molecule is CCCCOc1ccc(C(C)NC(=O)c2ccc3c(c2)N(C)C(=O)/C(=C/c2ccccc2)S3)cc1.